The van der Waals surface area contributed by atoms with E-state index in [0.29, 0.717) is 12.1 Å². The predicted octanol–water partition coefficient (Wildman–Crippen LogP) is 5.61. The highest BCUT2D eigenvalue weighted by molar-refractivity contribution is 6.38. The highest BCUT2D eigenvalue weighted by Crippen LogP contribution is 2.36. The molecule has 0 saturated carbocycles. The molecular formula is C15H8Cl2F6N4O. The van der Waals surface area contributed by atoms with E-state index in [-0.39, 0.29) is 22.1 Å². The summed E-state index contributed by atoms with van der Waals surface area (Å²) in [4.78, 5) is 18.9. The van der Waals surface area contributed by atoms with Gasteiger partial charge >= 0.3 is 18.4 Å². The third-order valence-electron chi connectivity index (χ3n) is 3.09. The van der Waals surface area contributed by atoms with Gasteiger partial charge in [-0.3, -0.25) is 0 Å². The van der Waals surface area contributed by atoms with E-state index in [4.69, 9.17) is 23.2 Å². The predicted molar refractivity (Wildman–Crippen MR) is 89.7 cm³/mol. The maximum Gasteiger partial charge on any atom is 0.416 e. The van der Waals surface area contributed by atoms with E-state index >= 15 is 0 Å². The lowest BCUT2D eigenvalue weighted by Gasteiger charge is -2.13. The Kier molecular flexibility index (Phi) is 6.40. The lowest BCUT2D eigenvalue weighted by molar-refractivity contribution is -0.143. The van der Waals surface area contributed by atoms with Crippen LogP contribution in [0.3, 0.4) is 0 Å². The van der Waals surface area contributed by atoms with Crippen molar-refractivity contribution in [1.82, 2.24) is 15.3 Å². The minimum atomic E-state index is -4.98. The Labute approximate surface area is 163 Å². The van der Waals surface area contributed by atoms with Crippen LogP contribution < -0.4 is 10.6 Å². The van der Waals surface area contributed by atoms with E-state index in [0.717, 1.165) is 18.6 Å². The van der Waals surface area contributed by atoms with E-state index in [1.165, 1.54) is 0 Å². The SMILES string of the molecule is O=C(N/C=C/c1cc(C(F)(F)F)cc(C(F)(F)F)c1)Nc1c(Cl)ncnc1Cl. The summed E-state index contributed by atoms with van der Waals surface area (Å²) in [6.45, 7) is 0. The van der Waals surface area contributed by atoms with Gasteiger partial charge < -0.3 is 10.6 Å². The number of rotatable bonds is 3. The van der Waals surface area contributed by atoms with Crippen molar-refractivity contribution in [2.75, 3.05) is 5.32 Å². The molecule has 0 aliphatic carbocycles. The molecule has 2 amide bonds. The van der Waals surface area contributed by atoms with Crippen LogP contribution in [0.4, 0.5) is 36.8 Å². The van der Waals surface area contributed by atoms with Crippen LogP contribution in [0.1, 0.15) is 16.7 Å². The van der Waals surface area contributed by atoms with Crippen LogP contribution in [0.5, 0.6) is 0 Å². The van der Waals surface area contributed by atoms with Gasteiger partial charge in [-0.1, -0.05) is 23.2 Å². The molecular weight excluding hydrogens is 437 g/mol. The van der Waals surface area contributed by atoms with Gasteiger partial charge in [0.2, 0.25) is 0 Å². The number of alkyl halides is 6. The standard InChI is InChI=1S/C15H8Cl2F6N4O/c16-11-10(12(17)26-6-25-11)27-13(28)24-2-1-7-3-8(14(18,19)20)5-9(4-7)15(21,22)23/h1-6H,(H2,24,27,28)/b2-1+. The molecule has 0 spiro atoms. The van der Waals surface area contributed by atoms with Crippen molar-refractivity contribution in [2.24, 2.45) is 0 Å². The van der Waals surface area contributed by atoms with Gasteiger partial charge in [-0.15, -0.1) is 0 Å². The number of hydrogen-bond acceptors (Lipinski definition) is 3. The number of halogens is 8. The number of urea groups is 1. The maximum atomic E-state index is 12.8. The molecule has 0 atom stereocenters. The van der Waals surface area contributed by atoms with Crippen molar-refractivity contribution >= 4 is 41.0 Å². The number of nitrogens with zero attached hydrogens (tertiary/aromatic N) is 2. The summed E-state index contributed by atoms with van der Waals surface area (Å²) in [5.74, 6) is 0. The van der Waals surface area contributed by atoms with Crippen LogP contribution in [0.15, 0.2) is 30.7 Å². The van der Waals surface area contributed by atoms with Crippen molar-refractivity contribution in [3.8, 4) is 0 Å². The average Bonchev–Trinajstić information content (AvgIpc) is 2.56. The first-order chi connectivity index (χ1) is 12.9. The number of hydrogen-bond donors (Lipinski definition) is 2. The fourth-order valence-electron chi connectivity index (χ4n) is 1.89. The lowest BCUT2D eigenvalue weighted by Crippen LogP contribution is -2.24. The molecule has 0 radical (unpaired) electrons. The minimum Gasteiger partial charge on any atom is -0.314 e. The Morgan fingerprint density at radius 3 is 1.89 bits per heavy atom. The highest BCUT2D eigenvalue weighted by atomic mass is 35.5. The summed E-state index contributed by atoms with van der Waals surface area (Å²) in [6, 6.07) is 0.0725. The summed E-state index contributed by atoms with van der Waals surface area (Å²) in [5.41, 5.74) is -3.52. The average molecular weight is 445 g/mol. The number of benzene rings is 1. The van der Waals surface area contributed by atoms with Crippen molar-refractivity contribution in [3.05, 3.63) is 57.7 Å². The number of carbonyl (C=O) groups excluding carboxylic acids is 1. The zero-order valence-corrected chi connectivity index (χ0v) is 14.8. The minimum absolute atomic E-state index is 0.00310. The van der Waals surface area contributed by atoms with Crippen LogP contribution in [0.2, 0.25) is 10.3 Å². The summed E-state index contributed by atoms with van der Waals surface area (Å²) in [7, 11) is 0. The maximum absolute atomic E-state index is 12.8. The third-order valence-corrected chi connectivity index (χ3v) is 3.67. The Bertz CT molecular complexity index is 862. The largest absolute Gasteiger partial charge is 0.416 e. The first-order valence-electron chi connectivity index (χ1n) is 7.07. The van der Waals surface area contributed by atoms with Crippen LogP contribution in [0, 0.1) is 0 Å². The molecule has 28 heavy (non-hydrogen) atoms. The van der Waals surface area contributed by atoms with Gasteiger partial charge in [-0.05, 0) is 29.8 Å². The summed E-state index contributed by atoms with van der Waals surface area (Å²) >= 11 is 11.4. The number of amides is 2. The molecule has 0 fully saturated rings. The Hall–Kier alpha value is -2.53. The molecule has 150 valence electrons. The fraction of sp³-hybridized carbons (Fsp3) is 0.133. The first-order valence-corrected chi connectivity index (χ1v) is 7.83. The van der Waals surface area contributed by atoms with Gasteiger partial charge in [0.05, 0.1) is 11.1 Å². The normalized spacial score (nSPS) is 12.3. The summed E-state index contributed by atoms with van der Waals surface area (Å²) in [5, 5.41) is 3.92. The third kappa shape index (κ3) is 5.73. The Balaban J connectivity index is 2.18. The van der Waals surface area contributed by atoms with Gasteiger partial charge in [0.15, 0.2) is 10.3 Å². The Morgan fingerprint density at radius 1 is 0.929 bits per heavy atom. The van der Waals surface area contributed by atoms with Crippen molar-refractivity contribution in [2.45, 2.75) is 12.4 Å². The molecule has 2 rings (SSSR count). The van der Waals surface area contributed by atoms with Crippen molar-refractivity contribution in [3.63, 3.8) is 0 Å². The lowest BCUT2D eigenvalue weighted by atomic mass is 10.0. The second kappa shape index (κ2) is 8.23. The molecule has 2 aromatic rings. The molecule has 0 aliphatic heterocycles. The van der Waals surface area contributed by atoms with E-state index in [1.807, 2.05) is 0 Å². The quantitative estimate of drug-likeness (QED) is 0.477. The highest BCUT2D eigenvalue weighted by Gasteiger charge is 2.36. The van der Waals surface area contributed by atoms with Crippen molar-refractivity contribution in [1.29, 1.82) is 0 Å². The van der Waals surface area contributed by atoms with E-state index < -0.39 is 35.1 Å². The summed E-state index contributed by atoms with van der Waals surface area (Å²) < 4.78 is 76.8. The van der Waals surface area contributed by atoms with E-state index in [9.17, 15) is 31.1 Å². The molecule has 2 N–H and O–H groups in total. The van der Waals surface area contributed by atoms with Gasteiger partial charge in [-0.25, -0.2) is 14.8 Å². The zero-order chi connectivity index (χ0) is 21.1. The molecule has 1 aromatic carbocycles. The van der Waals surface area contributed by atoms with Crippen LogP contribution in [-0.2, 0) is 12.4 Å². The van der Waals surface area contributed by atoms with E-state index in [1.54, 1.807) is 0 Å². The molecule has 0 bridgehead atoms. The Morgan fingerprint density at radius 2 is 1.43 bits per heavy atom. The van der Waals surface area contributed by atoms with Crippen LogP contribution in [-0.4, -0.2) is 16.0 Å². The number of anilines is 1. The molecule has 0 saturated heterocycles. The number of aromatic nitrogens is 2. The zero-order valence-electron chi connectivity index (χ0n) is 13.3. The molecule has 1 aromatic heterocycles. The molecule has 0 aliphatic rings. The second-order valence-corrected chi connectivity index (χ2v) is 5.82. The monoisotopic (exact) mass is 444 g/mol. The van der Waals surface area contributed by atoms with Crippen molar-refractivity contribution < 1.29 is 31.1 Å². The van der Waals surface area contributed by atoms with Gasteiger partial charge in [-0.2, -0.15) is 26.3 Å². The second-order valence-electron chi connectivity index (χ2n) is 5.10. The molecule has 0 unspecified atom stereocenters. The molecule has 5 nitrogen and oxygen atoms in total. The first kappa shape index (κ1) is 21.8. The number of nitrogens with one attached hydrogen (secondary N) is 2. The van der Waals surface area contributed by atoms with Gasteiger partial charge in [0.25, 0.3) is 0 Å². The topological polar surface area (TPSA) is 66.9 Å². The molecule has 13 heteroatoms. The van der Waals surface area contributed by atoms with Gasteiger partial charge in [0.1, 0.15) is 12.0 Å². The van der Waals surface area contributed by atoms with Gasteiger partial charge in [0, 0.05) is 6.20 Å². The van der Waals surface area contributed by atoms with Crippen LogP contribution in [0.25, 0.3) is 6.08 Å². The van der Waals surface area contributed by atoms with E-state index in [2.05, 4.69) is 20.6 Å². The molecule has 1 heterocycles. The summed E-state index contributed by atoms with van der Waals surface area (Å²) in [6.07, 6.45) is -7.21. The van der Waals surface area contributed by atoms with Crippen LogP contribution >= 0.6 is 23.2 Å². The fourth-order valence-corrected chi connectivity index (χ4v) is 2.30. The number of carbonyl (C=O) groups is 1. The smallest absolute Gasteiger partial charge is 0.314 e.